The first-order valence-electron chi connectivity index (χ1n) is 6.95. The van der Waals surface area contributed by atoms with Crippen LogP contribution in [0, 0.1) is 0 Å². The molecule has 0 aromatic heterocycles. The lowest BCUT2D eigenvalue weighted by Crippen LogP contribution is -2.23. The molecule has 20 heavy (non-hydrogen) atoms. The number of likely N-dealkylation sites (N-methyl/N-ethyl adjacent to an activating group) is 1. The van der Waals surface area contributed by atoms with Crippen molar-refractivity contribution in [2.45, 2.75) is 19.4 Å². The lowest BCUT2D eigenvalue weighted by molar-refractivity contribution is -0.121. The topological polar surface area (TPSA) is 67.6 Å². The summed E-state index contributed by atoms with van der Waals surface area (Å²) in [6.45, 7) is 2.59. The minimum absolute atomic E-state index is 0.0365. The predicted molar refractivity (Wildman–Crippen MR) is 80.6 cm³/mol. The molecular formula is C15H25N3O2. The van der Waals surface area contributed by atoms with Gasteiger partial charge in [-0.25, -0.2) is 0 Å². The minimum Gasteiger partial charge on any atom is -0.492 e. The largest absolute Gasteiger partial charge is 0.492 e. The Morgan fingerprint density at radius 1 is 1.40 bits per heavy atom. The number of amides is 1. The van der Waals surface area contributed by atoms with E-state index in [1.165, 1.54) is 0 Å². The quantitative estimate of drug-likeness (QED) is 0.707. The van der Waals surface area contributed by atoms with E-state index in [2.05, 4.69) is 10.2 Å². The molecule has 0 aliphatic rings. The minimum atomic E-state index is 0.0365. The molecule has 1 rings (SSSR count). The van der Waals surface area contributed by atoms with E-state index in [-0.39, 0.29) is 5.91 Å². The molecule has 0 aliphatic carbocycles. The van der Waals surface area contributed by atoms with E-state index in [9.17, 15) is 4.79 Å². The van der Waals surface area contributed by atoms with Gasteiger partial charge in [-0.1, -0.05) is 12.1 Å². The molecule has 0 spiro atoms. The van der Waals surface area contributed by atoms with Gasteiger partial charge in [-0.3, -0.25) is 4.79 Å². The number of ether oxygens (including phenoxy) is 1. The molecular weight excluding hydrogens is 254 g/mol. The molecule has 5 nitrogen and oxygen atoms in total. The van der Waals surface area contributed by atoms with E-state index >= 15 is 0 Å². The molecule has 0 radical (unpaired) electrons. The Bertz CT molecular complexity index is 408. The highest BCUT2D eigenvalue weighted by atomic mass is 16.5. The summed E-state index contributed by atoms with van der Waals surface area (Å²) < 4.78 is 5.66. The summed E-state index contributed by atoms with van der Waals surface area (Å²) in [5.74, 6) is 0.870. The zero-order valence-corrected chi connectivity index (χ0v) is 12.4. The van der Waals surface area contributed by atoms with Crippen LogP contribution in [0.1, 0.15) is 18.4 Å². The zero-order valence-electron chi connectivity index (χ0n) is 12.4. The van der Waals surface area contributed by atoms with Crippen molar-refractivity contribution >= 4 is 5.91 Å². The molecule has 3 N–H and O–H groups in total. The molecule has 1 aromatic carbocycles. The Morgan fingerprint density at radius 3 is 2.90 bits per heavy atom. The first kappa shape index (κ1) is 16.5. The normalized spacial score (nSPS) is 10.6. The standard InChI is InChI=1S/C15H25N3O2/c1-18(2)9-10-20-14-6-3-5-13(11-14)12-17-15(19)7-4-8-16/h3,5-6,11H,4,7-10,12,16H2,1-2H3,(H,17,19). The van der Waals surface area contributed by atoms with Gasteiger partial charge in [0, 0.05) is 19.5 Å². The number of nitrogens with two attached hydrogens (primary N) is 1. The van der Waals surface area contributed by atoms with Gasteiger partial charge in [-0.15, -0.1) is 0 Å². The van der Waals surface area contributed by atoms with Crippen LogP contribution >= 0.6 is 0 Å². The summed E-state index contributed by atoms with van der Waals surface area (Å²) in [6, 6.07) is 7.79. The second-order valence-corrected chi connectivity index (χ2v) is 4.97. The third-order valence-electron chi connectivity index (χ3n) is 2.80. The van der Waals surface area contributed by atoms with E-state index in [4.69, 9.17) is 10.5 Å². The maximum absolute atomic E-state index is 11.5. The number of nitrogens with zero attached hydrogens (tertiary/aromatic N) is 1. The summed E-state index contributed by atoms with van der Waals surface area (Å²) in [5, 5.41) is 2.88. The van der Waals surface area contributed by atoms with Gasteiger partial charge in [0.2, 0.25) is 5.91 Å². The van der Waals surface area contributed by atoms with E-state index in [0.29, 0.717) is 26.1 Å². The van der Waals surface area contributed by atoms with Crippen molar-refractivity contribution in [2.24, 2.45) is 5.73 Å². The lowest BCUT2D eigenvalue weighted by atomic mass is 10.2. The van der Waals surface area contributed by atoms with E-state index < -0.39 is 0 Å². The van der Waals surface area contributed by atoms with Gasteiger partial charge in [0.05, 0.1) is 0 Å². The van der Waals surface area contributed by atoms with Gasteiger partial charge in [0.1, 0.15) is 12.4 Å². The first-order valence-corrected chi connectivity index (χ1v) is 6.95. The first-order chi connectivity index (χ1) is 9.61. The van der Waals surface area contributed by atoms with Crippen molar-refractivity contribution in [2.75, 3.05) is 33.8 Å². The van der Waals surface area contributed by atoms with Crippen molar-refractivity contribution in [1.82, 2.24) is 10.2 Å². The van der Waals surface area contributed by atoms with Gasteiger partial charge < -0.3 is 20.7 Å². The van der Waals surface area contributed by atoms with Gasteiger partial charge in [0.15, 0.2) is 0 Å². The van der Waals surface area contributed by atoms with Crippen molar-refractivity contribution in [1.29, 1.82) is 0 Å². The maximum atomic E-state index is 11.5. The monoisotopic (exact) mass is 279 g/mol. The molecule has 0 bridgehead atoms. The van der Waals surface area contributed by atoms with Crippen molar-refractivity contribution < 1.29 is 9.53 Å². The molecule has 1 amide bonds. The van der Waals surface area contributed by atoms with Gasteiger partial charge in [-0.05, 0) is 44.8 Å². The van der Waals surface area contributed by atoms with E-state index in [1.54, 1.807) is 0 Å². The number of hydrogen-bond acceptors (Lipinski definition) is 4. The molecule has 0 unspecified atom stereocenters. The van der Waals surface area contributed by atoms with E-state index in [1.807, 2.05) is 38.4 Å². The van der Waals surface area contributed by atoms with Crippen LogP contribution in [-0.2, 0) is 11.3 Å². The number of rotatable bonds is 9. The third-order valence-corrected chi connectivity index (χ3v) is 2.80. The van der Waals surface area contributed by atoms with Crippen LogP contribution in [0.3, 0.4) is 0 Å². The molecule has 0 fully saturated rings. The van der Waals surface area contributed by atoms with Crippen LogP contribution in [0.2, 0.25) is 0 Å². The van der Waals surface area contributed by atoms with Crippen LogP contribution in [0.5, 0.6) is 5.75 Å². The summed E-state index contributed by atoms with van der Waals surface area (Å²) >= 11 is 0. The SMILES string of the molecule is CN(C)CCOc1cccc(CNC(=O)CCCN)c1. The van der Waals surface area contributed by atoms with Crippen molar-refractivity contribution in [3.05, 3.63) is 29.8 Å². The molecule has 0 saturated heterocycles. The fraction of sp³-hybridized carbons (Fsp3) is 0.533. The molecule has 0 atom stereocenters. The number of nitrogens with one attached hydrogen (secondary N) is 1. The van der Waals surface area contributed by atoms with Crippen LogP contribution in [0.4, 0.5) is 0 Å². The van der Waals surface area contributed by atoms with Gasteiger partial charge >= 0.3 is 0 Å². The van der Waals surface area contributed by atoms with Crippen LogP contribution < -0.4 is 15.8 Å². The van der Waals surface area contributed by atoms with Gasteiger partial charge in [-0.2, -0.15) is 0 Å². The smallest absolute Gasteiger partial charge is 0.220 e. The molecule has 5 heteroatoms. The molecule has 1 aromatic rings. The van der Waals surface area contributed by atoms with E-state index in [0.717, 1.165) is 24.3 Å². The third kappa shape index (κ3) is 7.11. The zero-order chi connectivity index (χ0) is 14.8. The van der Waals surface area contributed by atoms with Crippen LogP contribution in [0.15, 0.2) is 24.3 Å². The molecule has 0 aliphatic heterocycles. The summed E-state index contributed by atoms with van der Waals surface area (Å²) in [5.41, 5.74) is 6.41. The predicted octanol–water partition coefficient (Wildman–Crippen LogP) is 0.982. The number of carbonyl (C=O) groups is 1. The Kier molecular flexibility index (Phi) is 7.69. The average molecular weight is 279 g/mol. The average Bonchev–Trinajstić information content (AvgIpc) is 2.43. The fourth-order valence-electron chi connectivity index (χ4n) is 1.64. The second-order valence-electron chi connectivity index (χ2n) is 4.97. The summed E-state index contributed by atoms with van der Waals surface area (Å²) in [4.78, 5) is 13.6. The molecule has 112 valence electrons. The number of benzene rings is 1. The highest BCUT2D eigenvalue weighted by molar-refractivity contribution is 5.75. The Hall–Kier alpha value is -1.59. The summed E-state index contributed by atoms with van der Waals surface area (Å²) in [6.07, 6.45) is 1.20. The van der Waals surface area contributed by atoms with Crippen molar-refractivity contribution in [3.8, 4) is 5.75 Å². The fourth-order valence-corrected chi connectivity index (χ4v) is 1.64. The van der Waals surface area contributed by atoms with Crippen molar-refractivity contribution in [3.63, 3.8) is 0 Å². The Morgan fingerprint density at radius 2 is 2.20 bits per heavy atom. The van der Waals surface area contributed by atoms with Crippen LogP contribution in [-0.4, -0.2) is 44.6 Å². The Balaban J connectivity index is 2.37. The lowest BCUT2D eigenvalue weighted by Gasteiger charge is -2.12. The maximum Gasteiger partial charge on any atom is 0.220 e. The highest BCUT2D eigenvalue weighted by Crippen LogP contribution is 2.13. The molecule has 0 heterocycles. The van der Waals surface area contributed by atoms with Crippen LogP contribution in [0.25, 0.3) is 0 Å². The Labute approximate surface area is 121 Å². The highest BCUT2D eigenvalue weighted by Gasteiger charge is 2.02. The second kappa shape index (κ2) is 9.34. The van der Waals surface area contributed by atoms with Gasteiger partial charge in [0.25, 0.3) is 0 Å². The number of carbonyl (C=O) groups excluding carboxylic acids is 1. The molecule has 0 saturated carbocycles. The number of hydrogen-bond donors (Lipinski definition) is 2. The summed E-state index contributed by atoms with van der Waals surface area (Å²) in [7, 11) is 4.02.